The molecule has 1 fully saturated rings. The molecule has 2 amide bonds. The minimum absolute atomic E-state index is 0.0744. The summed E-state index contributed by atoms with van der Waals surface area (Å²) in [5, 5.41) is 9.47. The van der Waals surface area contributed by atoms with E-state index in [1.165, 1.54) is 4.90 Å². The lowest BCUT2D eigenvalue weighted by Crippen LogP contribution is -2.47. The summed E-state index contributed by atoms with van der Waals surface area (Å²) >= 11 is 5.99. The van der Waals surface area contributed by atoms with Crippen molar-refractivity contribution in [2.24, 2.45) is 0 Å². The van der Waals surface area contributed by atoms with Gasteiger partial charge in [0, 0.05) is 43.4 Å². The molecular weight excluding hydrogens is 475 g/mol. The highest BCUT2D eigenvalue weighted by Gasteiger charge is 2.35. The first-order valence-corrected chi connectivity index (χ1v) is 10.9. The van der Waals surface area contributed by atoms with Crippen LogP contribution in [-0.4, -0.2) is 53.1 Å². The number of hydrazine groups is 1. The lowest BCUT2D eigenvalue weighted by molar-refractivity contribution is -0.138. The van der Waals surface area contributed by atoms with Gasteiger partial charge in [-0.25, -0.2) is 4.79 Å². The molecule has 0 aromatic heterocycles. The largest absolute Gasteiger partial charge is 0.465 e. The van der Waals surface area contributed by atoms with E-state index in [0.717, 1.165) is 17.7 Å². The minimum atomic E-state index is -4.71. The Morgan fingerprint density at radius 2 is 1.79 bits per heavy atom. The third kappa shape index (κ3) is 6.03. The number of nitrogens with two attached hydrogens (primary N) is 1. The summed E-state index contributed by atoms with van der Waals surface area (Å²) < 4.78 is 41.5. The number of benzene rings is 2. The fourth-order valence-corrected chi connectivity index (χ4v) is 3.93. The smallest absolute Gasteiger partial charge is 0.416 e. The number of anilines is 2. The van der Waals surface area contributed by atoms with E-state index in [2.05, 4.69) is 10.9 Å². The maximum absolute atomic E-state index is 13.8. The van der Waals surface area contributed by atoms with Crippen LogP contribution in [0, 0.1) is 0 Å². The van der Waals surface area contributed by atoms with Crippen LogP contribution in [0.4, 0.5) is 29.3 Å². The highest BCUT2D eigenvalue weighted by molar-refractivity contribution is 6.30. The molecule has 1 saturated heterocycles. The predicted molar refractivity (Wildman–Crippen MR) is 123 cm³/mol. The number of piperazine rings is 1. The number of carboxylic acid groups (broad SMARTS) is 1. The van der Waals surface area contributed by atoms with Crippen molar-refractivity contribution in [3.8, 4) is 0 Å². The number of nitrogens with zero attached hydrogens (tertiary/aromatic N) is 2. The minimum Gasteiger partial charge on any atom is -0.465 e. The zero-order valence-corrected chi connectivity index (χ0v) is 19.1. The van der Waals surface area contributed by atoms with E-state index in [9.17, 15) is 22.8 Å². The molecule has 8 nitrogen and oxygen atoms in total. The molecule has 34 heavy (non-hydrogen) atoms. The van der Waals surface area contributed by atoms with Crippen LogP contribution < -0.4 is 16.6 Å². The molecule has 1 aliphatic rings. The third-order valence-corrected chi connectivity index (χ3v) is 5.86. The fourth-order valence-electron chi connectivity index (χ4n) is 3.76. The van der Waals surface area contributed by atoms with Crippen LogP contribution in [0.15, 0.2) is 30.3 Å². The van der Waals surface area contributed by atoms with Crippen LogP contribution in [0.25, 0.3) is 0 Å². The molecule has 0 saturated carbocycles. The van der Waals surface area contributed by atoms with Crippen molar-refractivity contribution in [1.29, 1.82) is 0 Å². The number of halogens is 4. The van der Waals surface area contributed by atoms with E-state index in [0.29, 0.717) is 17.1 Å². The molecule has 12 heteroatoms. The van der Waals surface area contributed by atoms with Crippen molar-refractivity contribution in [2.75, 3.05) is 37.3 Å². The number of hydrogen-bond donors (Lipinski definition) is 4. The summed E-state index contributed by atoms with van der Waals surface area (Å²) in [5.74, 6) is -0.827. The number of nitrogens with one attached hydrogen (secondary N) is 2. The quantitative estimate of drug-likeness (QED) is 0.352. The van der Waals surface area contributed by atoms with Crippen LogP contribution >= 0.6 is 11.6 Å². The van der Waals surface area contributed by atoms with Crippen LogP contribution in [-0.2, 0) is 19.1 Å². The maximum atomic E-state index is 13.8. The van der Waals surface area contributed by atoms with Gasteiger partial charge in [-0.05, 0) is 41.8 Å². The second-order valence-electron chi connectivity index (χ2n) is 7.87. The molecule has 0 spiro atoms. The summed E-state index contributed by atoms with van der Waals surface area (Å²) in [7, 11) is 0. The van der Waals surface area contributed by atoms with E-state index in [1.54, 1.807) is 23.1 Å². The normalized spacial score (nSPS) is 14.7. The topological polar surface area (TPSA) is 111 Å². The highest BCUT2D eigenvalue weighted by Crippen LogP contribution is 2.35. The maximum Gasteiger partial charge on any atom is 0.416 e. The van der Waals surface area contributed by atoms with Crippen LogP contribution in [0.2, 0.25) is 5.02 Å². The van der Waals surface area contributed by atoms with E-state index in [4.69, 9.17) is 22.4 Å². The number of aryl methyl sites for hydroxylation is 1. The van der Waals surface area contributed by atoms with Gasteiger partial charge in [-0.2, -0.15) is 13.2 Å². The third-order valence-electron chi connectivity index (χ3n) is 5.63. The van der Waals surface area contributed by atoms with Gasteiger partial charge in [-0.3, -0.25) is 20.5 Å². The monoisotopic (exact) mass is 499 g/mol. The number of carbonyl (C=O) groups excluding carboxylic acids is 1. The Labute approximate surface area is 199 Å². The number of carbonyl (C=O) groups is 2. The fraction of sp³-hybridized carbons (Fsp3) is 0.364. The summed E-state index contributed by atoms with van der Waals surface area (Å²) in [6.45, 7) is 2.80. The molecule has 3 rings (SSSR count). The van der Waals surface area contributed by atoms with Crippen molar-refractivity contribution in [2.45, 2.75) is 26.1 Å². The molecule has 5 N–H and O–H groups in total. The zero-order chi connectivity index (χ0) is 25.0. The molecule has 2 aromatic carbocycles. The van der Waals surface area contributed by atoms with Crippen molar-refractivity contribution >= 4 is 35.0 Å². The highest BCUT2D eigenvalue weighted by atomic mass is 35.5. The molecule has 0 aliphatic carbocycles. The van der Waals surface area contributed by atoms with Gasteiger partial charge >= 0.3 is 12.3 Å². The summed E-state index contributed by atoms with van der Waals surface area (Å²) in [4.78, 5) is 26.6. The van der Waals surface area contributed by atoms with Crippen LogP contribution in [0.1, 0.15) is 34.0 Å². The van der Waals surface area contributed by atoms with Crippen LogP contribution in [0.5, 0.6) is 0 Å². The first kappa shape index (κ1) is 25.4. The first-order chi connectivity index (χ1) is 16.0. The standard InChI is InChI=1S/C22H25ClF3N5O3/c1-2-13-3-4-15(23)10-19(13)28-29-20(32)16-11-17(22(24,25)26)14(9-18(16)27)12-30-5-7-31(8-6-30)21(33)34/h3-4,9-11,28H,2,5-8,12,27H2,1H3,(H,29,32)(H,33,34). The predicted octanol–water partition coefficient (Wildman–Crippen LogP) is 4.06. The SMILES string of the molecule is CCc1ccc(Cl)cc1NNC(=O)c1cc(C(F)(F)F)c(CN2CCN(C(=O)O)CC2)cc1N. The first-order valence-electron chi connectivity index (χ1n) is 10.5. The number of rotatable bonds is 6. The lowest BCUT2D eigenvalue weighted by atomic mass is 10.00. The van der Waals surface area contributed by atoms with Gasteiger partial charge in [0.25, 0.3) is 5.91 Å². The van der Waals surface area contributed by atoms with Gasteiger partial charge < -0.3 is 15.7 Å². The number of hydrogen-bond acceptors (Lipinski definition) is 5. The second kappa shape index (κ2) is 10.4. The van der Waals surface area contributed by atoms with Gasteiger partial charge in [-0.1, -0.05) is 24.6 Å². The van der Waals surface area contributed by atoms with E-state index >= 15 is 0 Å². The Morgan fingerprint density at radius 1 is 1.12 bits per heavy atom. The van der Waals surface area contributed by atoms with Gasteiger partial charge in [0.15, 0.2) is 0 Å². The molecule has 0 radical (unpaired) electrons. The van der Waals surface area contributed by atoms with Crippen LogP contribution in [0.3, 0.4) is 0 Å². The van der Waals surface area contributed by atoms with Gasteiger partial charge in [-0.15, -0.1) is 0 Å². The van der Waals surface area contributed by atoms with E-state index < -0.39 is 23.7 Å². The Bertz CT molecular complexity index is 1070. The molecule has 0 unspecified atom stereocenters. The summed E-state index contributed by atoms with van der Waals surface area (Å²) in [5.41, 5.74) is 11.0. The van der Waals surface area contributed by atoms with Crippen molar-refractivity contribution in [3.05, 3.63) is 57.6 Å². The van der Waals surface area contributed by atoms with Crippen molar-refractivity contribution < 1.29 is 27.9 Å². The molecule has 1 aliphatic heterocycles. The number of nitrogen functional groups attached to an aromatic ring is 1. The molecular formula is C22H25ClF3N5O3. The molecule has 184 valence electrons. The van der Waals surface area contributed by atoms with E-state index in [-0.39, 0.29) is 49.5 Å². The molecule has 2 aromatic rings. The molecule has 1 heterocycles. The average Bonchev–Trinajstić information content (AvgIpc) is 2.77. The zero-order valence-electron chi connectivity index (χ0n) is 18.4. The lowest BCUT2D eigenvalue weighted by Gasteiger charge is -2.33. The summed E-state index contributed by atoms with van der Waals surface area (Å²) in [6.07, 6.45) is -5.13. The van der Waals surface area contributed by atoms with Gasteiger partial charge in [0.05, 0.1) is 16.8 Å². The number of amides is 2. The summed E-state index contributed by atoms with van der Waals surface area (Å²) in [6, 6.07) is 6.96. The van der Waals surface area contributed by atoms with Crippen molar-refractivity contribution in [1.82, 2.24) is 15.2 Å². The van der Waals surface area contributed by atoms with E-state index in [1.807, 2.05) is 6.92 Å². The Kier molecular flexibility index (Phi) is 7.78. The van der Waals surface area contributed by atoms with Crippen molar-refractivity contribution in [3.63, 3.8) is 0 Å². The average molecular weight is 500 g/mol. The molecule has 0 atom stereocenters. The van der Waals surface area contributed by atoms with Gasteiger partial charge in [0.2, 0.25) is 0 Å². The Hall–Kier alpha value is -3.18. The Morgan fingerprint density at radius 3 is 2.38 bits per heavy atom. The van der Waals surface area contributed by atoms with Gasteiger partial charge in [0.1, 0.15) is 0 Å². The second-order valence-corrected chi connectivity index (χ2v) is 8.31. The Balaban J connectivity index is 1.79. The molecule has 0 bridgehead atoms. The number of alkyl halides is 3.